The van der Waals surface area contributed by atoms with E-state index in [9.17, 15) is 13.2 Å². The SMILES string of the molecule is O=C1COc2ccc(NS(=O)(=O)CCCc3ccccc3)cc2N1. The molecule has 24 heavy (non-hydrogen) atoms. The highest BCUT2D eigenvalue weighted by molar-refractivity contribution is 7.92. The maximum Gasteiger partial charge on any atom is 0.262 e. The van der Waals surface area contributed by atoms with Gasteiger partial charge in [0.25, 0.3) is 5.91 Å². The Morgan fingerprint density at radius 1 is 1.12 bits per heavy atom. The van der Waals surface area contributed by atoms with Crippen LogP contribution in [0.3, 0.4) is 0 Å². The van der Waals surface area contributed by atoms with Crippen LogP contribution in [0, 0.1) is 0 Å². The Kier molecular flexibility index (Phi) is 4.71. The molecule has 0 fully saturated rings. The first-order valence-electron chi connectivity index (χ1n) is 7.63. The van der Waals surface area contributed by atoms with E-state index in [4.69, 9.17) is 4.74 Å². The first-order chi connectivity index (χ1) is 11.5. The fourth-order valence-corrected chi connectivity index (χ4v) is 3.60. The summed E-state index contributed by atoms with van der Waals surface area (Å²) in [6, 6.07) is 14.6. The van der Waals surface area contributed by atoms with Gasteiger partial charge in [0.2, 0.25) is 10.0 Å². The van der Waals surface area contributed by atoms with E-state index < -0.39 is 10.0 Å². The largest absolute Gasteiger partial charge is 0.482 e. The van der Waals surface area contributed by atoms with E-state index >= 15 is 0 Å². The molecule has 0 aromatic heterocycles. The maximum atomic E-state index is 12.2. The van der Waals surface area contributed by atoms with Crippen molar-refractivity contribution in [2.45, 2.75) is 12.8 Å². The molecule has 126 valence electrons. The van der Waals surface area contributed by atoms with Gasteiger partial charge < -0.3 is 10.1 Å². The average Bonchev–Trinajstić information content (AvgIpc) is 2.55. The molecule has 1 amide bonds. The molecule has 0 spiro atoms. The molecule has 0 aliphatic carbocycles. The zero-order valence-corrected chi connectivity index (χ0v) is 13.8. The normalized spacial score (nSPS) is 13.6. The second-order valence-electron chi connectivity index (χ2n) is 5.56. The first kappa shape index (κ1) is 16.3. The minimum atomic E-state index is -3.45. The summed E-state index contributed by atoms with van der Waals surface area (Å²) in [6.45, 7) is -0.0302. The van der Waals surface area contributed by atoms with Crippen molar-refractivity contribution in [3.05, 3.63) is 54.1 Å². The van der Waals surface area contributed by atoms with E-state index in [1.54, 1.807) is 18.2 Å². The zero-order chi connectivity index (χ0) is 17.0. The van der Waals surface area contributed by atoms with Gasteiger partial charge in [0.1, 0.15) is 5.75 Å². The van der Waals surface area contributed by atoms with Gasteiger partial charge in [-0.25, -0.2) is 8.42 Å². The van der Waals surface area contributed by atoms with Gasteiger partial charge in [0.05, 0.1) is 17.1 Å². The lowest BCUT2D eigenvalue weighted by Crippen LogP contribution is -2.25. The van der Waals surface area contributed by atoms with Gasteiger partial charge >= 0.3 is 0 Å². The molecular formula is C17H18N2O4S. The molecular weight excluding hydrogens is 328 g/mol. The highest BCUT2D eigenvalue weighted by Crippen LogP contribution is 2.30. The number of benzene rings is 2. The number of sulfonamides is 1. The van der Waals surface area contributed by atoms with Crippen molar-refractivity contribution < 1.29 is 17.9 Å². The number of carbonyl (C=O) groups is 1. The Morgan fingerprint density at radius 2 is 1.92 bits per heavy atom. The van der Waals surface area contributed by atoms with Gasteiger partial charge in [-0.3, -0.25) is 9.52 Å². The topological polar surface area (TPSA) is 84.5 Å². The fourth-order valence-electron chi connectivity index (χ4n) is 2.49. The van der Waals surface area contributed by atoms with Gasteiger partial charge in [0, 0.05) is 0 Å². The third-order valence-electron chi connectivity index (χ3n) is 3.61. The number of aryl methyl sites for hydroxylation is 1. The van der Waals surface area contributed by atoms with E-state index in [2.05, 4.69) is 10.0 Å². The molecule has 3 rings (SSSR count). The number of ether oxygens (including phenoxy) is 1. The van der Waals surface area contributed by atoms with Crippen LogP contribution in [0.15, 0.2) is 48.5 Å². The lowest BCUT2D eigenvalue weighted by molar-refractivity contribution is -0.118. The molecule has 2 aromatic carbocycles. The molecule has 0 unspecified atom stereocenters. The predicted molar refractivity (Wildman–Crippen MR) is 92.7 cm³/mol. The molecule has 2 aromatic rings. The number of nitrogens with one attached hydrogen (secondary N) is 2. The van der Waals surface area contributed by atoms with Gasteiger partial charge in [-0.15, -0.1) is 0 Å². The van der Waals surface area contributed by atoms with Crippen molar-refractivity contribution in [1.29, 1.82) is 0 Å². The van der Waals surface area contributed by atoms with Gasteiger partial charge in [-0.1, -0.05) is 30.3 Å². The van der Waals surface area contributed by atoms with E-state index in [-0.39, 0.29) is 18.3 Å². The lowest BCUT2D eigenvalue weighted by Gasteiger charge is -2.18. The maximum absolute atomic E-state index is 12.2. The smallest absolute Gasteiger partial charge is 0.262 e. The van der Waals surface area contributed by atoms with Crippen LogP contribution in [0.1, 0.15) is 12.0 Å². The van der Waals surface area contributed by atoms with Gasteiger partial charge in [-0.2, -0.15) is 0 Å². The lowest BCUT2D eigenvalue weighted by atomic mass is 10.1. The summed E-state index contributed by atoms with van der Waals surface area (Å²) in [6.07, 6.45) is 1.24. The first-order valence-corrected chi connectivity index (χ1v) is 9.28. The molecule has 0 radical (unpaired) electrons. The number of fused-ring (bicyclic) bond motifs is 1. The summed E-state index contributed by atoms with van der Waals surface area (Å²) in [5.74, 6) is 0.300. The number of rotatable bonds is 6. The Bertz CT molecular complexity index is 835. The van der Waals surface area contributed by atoms with Crippen LogP contribution in [0.4, 0.5) is 11.4 Å². The monoisotopic (exact) mass is 346 g/mol. The highest BCUT2D eigenvalue weighted by Gasteiger charge is 2.17. The molecule has 6 nitrogen and oxygen atoms in total. The van der Waals surface area contributed by atoms with Crippen LogP contribution < -0.4 is 14.8 Å². The van der Waals surface area contributed by atoms with Crippen LogP contribution in [-0.4, -0.2) is 26.7 Å². The van der Waals surface area contributed by atoms with Crippen LogP contribution >= 0.6 is 0 Å². The fraction of sp³-hybridized carbons (Fsp3) is 0.235. The molecule has 1 heterocycles. The molecule has 0 bridgehead atoms. The van der Waals surface area contributed by atoms with Crippen molar-refractivity contribution >= 4 is 27.3 Å². The summed E-state index contributed by atoms with van der Waals surface area (Å²) in [7, 11) is -3.45. The molecule has 1 aliphatic rings. The number of hydrogen-bond acceptors (Lipinski definition) is 4. The van der Waals surface area contributed by atoms with Crippen molar-refractivity contribution in [3.63, 3.8) is 0 Å². The number of amides is 1. The average molecular weight is 346 g/mol. The van der Waals surface area contributed by atoms with Crippen molar-refractivity contribution in [3.8, 4) is 5.75 Å². The quantitative estimate of drug-likeness (QED) is 0.841. The molecule has 1 aliphatic heterocycles. The zero-order valence-electron chi connectivity index (χ0n) is 13.0. The van der Waals surface area contributed by atoms with Gasteiger partial charge in [-0.05, 0) is 36.6 Å². The van der Waals surface area contributed by atoms with Crippen LogP contribution in [0.25, 0.3) is 0 Å². The van der Waals surface area contributed by atoms with Crippen LogP contribution in [0.5, 0.6) is 5.75 Å². The van der Waals surface area contributed by atoms with E-state index in [0.717, 1.165) is 5.56 Å². The minimum absolute atomic E-state index is 0.0296. The number of carbonyl (C=O) groups excluding carboxylic acids is 1. The van der Waals surface area contributed by atoms with Gasteiger partial charge in [0.15, 0.2) is 6.61 Å². The summed E-state index contributed by atoms with van der Waals surface area (Å²) >= 11 is 0. The summed E-state index contributed by atoms with van der Waals surface area (Å²) in [5, 5.41) is 2.65. The summed E-state index contributed by atoms with van der Waals surface area (Å²) in [4.78, 5) is 11.3. The van der Waals surface area contributed by atoms with Crippen molar-refractivity contribution in [1.82, 2.24) is 0 Å². The van der Waals surface area contributed by atoms with E-state index in [0.29, 0.717) is 30.0 Å². The minimum Gasteiger partial charge on any atom is -0.482 e. The third kappa shape index (κ3) is 4.26. The standard InChI is InChI=1S/C17H18N2O4S/c20-17-12-23-16-9-8-14(11-15(16)18-17)19-24(21,22)10-4-7-13-5-2-1-3-6-13/h1-3,5-6,8-9,11,19H,4,7,10,12H2,(H,18,20). The van der Waals surface area contributed by atoms with Crippen LogP contribution in [-0.2, 0) is 21.2 Å². The predicted octanol–water partition coefficient (Wildman–Crippen LogP) is 2.39. The second-order valence-corrected chi connectivity index (χ2v) is 7.40. The molecule has 0 saturated carbocycles. The molecule has 0 atom stereocenters. The summed E-state index contributed by atoms with van der Waals surface area (Å²) < 4.78 is 32.2. The Morgan fingerprint density at radius 3 is 2.71 bits per heavy atom. The second kappa shape index (κ2) is 6.92. The van der Waals surface area contributed by atoms with Crippen molar-refractivity contribution in [2.75, 3.05) is 22.4 Å². The molecule has 7 heteroatoms. The molecule has 2 N–H and O–H groups in total. The Labute approximate surface area is 140 Å². The van der Waals surface area contributed by atoms with Crippen molar-refractivity contribution in [2.24, 2.45) is 0 Å². The Hall–Kier alpha value is -2.54. The highest BCUT2D eigenvalue weighted by atomic mass is 32.2. The molecule has 0 saturated heterocycles. The number of hydrogen-bond donors (Lipinski definition) is 2. The summed E-state index contributed by atoms with van der Waals surface area (Å²) in [5.41, 5.74) is 1.98. The van der Waals surface area contributed by atoms with Crippen LogP contribution in [0.2, 0.25) is 0 Å². The third-order valence-corrected chi connectivity index (χ3v) is 4.98. The van der Waals surface area contributed by atoms with E-state index in [1.165, 1.54) is 0 Å². The number of anilines is 2. The Balaban J connectivity index is 1.60. The van der Waals surface area contributed by atoms with E-state index in [1.807, 2.05) is 30.3 Å².